The Hall–Kier alpha value is -3.35. The molecule has 31 heavy (non-hydrogen) atoms. The van der Waals surface area contributed by atoms with Gasteiger partial charge in [-0.05, 0) is 47.7 Å². The Kier molecular flexibility index (Phi) is 5.67. The van der Waals surface area contributed by atoms with Crippen LogP contribution in [0.15, 0.2) is 47.7 Å². The Bertz CT molecular complexity index is 1040. The average Bonchev–Trinajstić information content (AvgIpc) is 2.77. The third-order valence-electron chi connectivity index (χ3n) is 5.97. The molecule has 1 heterocycles. The van der Waals surface area contributed by atoms with Gasteiger partial charge in [-0.25, -0.2) is 4.39 Å². The molecule has 2 atom stereocenters. The second-order valence-electron chi connectivity index (χ2n) is 7.74. The van der Waals surface area contributed by atoms with E-state index in [1.165, 1.54) is 33.5 Å². The number of carbonyl (C=O) groups excluding carboxylic acids is 2. The molecule has 1 N–H and O–H groups in total. The minimum atomic E-state index is -0.404. The molecular formula is C24H24FNO5. The smallest absolute Gasteiger partial charge is 0.225 e. The van der Waals surface area contributed by atoms with E-state index in [9.17, 15) is 14.0 Å². The van der Waals surface area contributed by atoms with Crippen molar-refractivity contribution in [3.05, 3.63) is 64.6 Å². The summed E-state index contributed by atoms with van der Waals surface area (Å²) in [5.74, 6) is 0.396. The van der Waals surface area contributed by atoms with Gasteiger partial charge in [0.2, 0.25) is 11.7 Å². The molecule has 1 aliphatic heterocycles. The summed E-state index contributed by atoms with van der Waals surface area (Å²) in [4.78, 5) is 25.8. The maximum absolute atomic E-state index is 13.3. The second-order valence-corrected chi connectivity index (χ2v) is 7.74. The molecule has 0 saturated heterocycles. The fourth-order valence-corrected chi connectivity index (χ4v) is 4.52. The average molecular weight is 425 g/mol. The van der Waals surface area contributed by atoms with Crippen molar-refractivity contribution in [3.63, 3.8) is 0 Å². The van der Waals surface area contributed by atoms with Crippen LogP contribution in [0.5, 0.6) is 17.2 Å². The van der Waals surface area contributed by atoms with Crippen molar-refractivity contribution < 1.29 is 28.2 Å². The first-order valence-corrected chi connectivity index (χ1v) is 10.1. The van der Waals surface area contributed by atoms with Crippen molar-refractivity contribution in [3.8, 4) is 17.2 Å². The largest absolute Gasteiger partial charge is 0.493 e. The van der Waals surface area contributed by atoms with Crippen molar-refractivity contribution in [1.82, 2.24) is 5.32 Å². The lowest BCUT2D eigenvalue weighted by molar-refractivity contribution is -0.122. The van der Waals surface area contributed by atoms with Crippen LogP contribution < -0.4 is 19.5 Å². The summed E-state index contributed by atoms with van der Waals surface area (Å²) < 4.78 is 29.6. The number of allylic oxidation sites excluding steroid dienone is 2. The Morgan fingerprint density at radius 3 is 2.10 bits per heavy atom. The van der Waals surface area contributed by atoms with E-state index in [4.69, 9.17) is 14.2 Å². The minimum absolute atomic E-state index is 0.0191. The Morgan fingerprint density at radius 1 is 0.871 bits per heavy atom. The van der Waals surface area contributed by atoms with Gasteiger partial charge in [-0.15, -0.1) is 0 Å². The van der Waals surface area contributed by atoms with Crippen molar-refractivity contribution in [2.45, 2.75) is 31.1 Å². The highest BCUT2D eigenvalue weighted by Crippen LogP contribution is 2.46. The summed E-state index contributed by atoms with van der Waals surface area (Å²) >= 11 is 0. The Morgan fingerprint density at radius 2 is 1.52 bits per heavy atom. The van der Waals surface area contributed by atoms with E-state index >= 15 is 0 Å². The van der Waals surface area contributed by atoms with Gasteiger partial charge in [0.15, 0.2) is 17.3 Å². The number of ether oxygens (including phenoxy) is 3. The molecule has 1 aliphatic carbocycles. The molecule has 4 rings (SSSR count). The van der Waals surface area contributed by atoms with Crippen LogP contribution in [0.4, 0.5) is 4.39 Å². The number of methoxy groups -OCH3 is 3. The van der Waals surface area contributed by atoms with Gasteiger partial charge < -0.3 is 19.5 Å². The van der Waals surface area contributed by atoms with Gasteiger partial charge >= 0.3 is 0 Å². The van der Waals surface area contributed by atoms with E-state index in [-0.39, 0.29) is 29.8 Å². The monoisotopic (exact) mass is 425 g/mol. The summed E-state index contributed by atoms with van der Waals surface area (Å²) in [5, 5.41) is 2.90. The van der Waals surface area contributed by atoms with Gasteiger partial charge in [0.05, 0.1) is 21.3 Å². The van der Waals surface area contributed by atoms with Crippen LogP contribution in [0, 0.1) is 5.82 Å². The molecule has 0 bridgehead atoms. The first-order valence-electron chi connectivity index (χ1n) is 10.1. The number of rotatable bonds is 5. The number of amides is 1. The summed E-state index contributed by atoms with van der Waals surface area (Å²) in [6.07, 6.45) is 0.977. The van der Waals surface area contributed by atoms with Gasteiger partial charge in [-0.2, -0.15) is 0 Å². The molecule has 0 spiro atoms. The lowest BCUT2D eigenvalue weighted by Crippen LogP contribution is -2.38. The Balaban J connectivity index is 1.75. The topological polar surface area (TPSA) is 73.9 Å². The molecule has 2 aromatic rings. The number of halogens is 1. The first kappa shape index (κ1) is 20.9. The summed E-state index contributed by atoms with van der Waals surface area (Å²) in [6.45, 7) is 0. The zero-order chi connectivity index (χ0) is 22.1. The predicted octanol–water partition coefficient (Wildman–Crippen LogP) is 3.86. The predicted molar refractivity (Wildman–Crippen MR) is 112 cm³/mol. The number of carbonyl (C=O) groups is 2. The highest BCUT2D eigenvalue weighted by molar-refractivity contribution is 6.02. The van der Waals surface area contributed by atoms with E-state index < -0.39 is 5.92 Å². The van der Waals surface area contributed by atoms with E-state index in [0.29, 0.717) is 41.4 Å². The number of hydrogen-bond acceptors (Lipinski definition) is 5. The third-order valence-corrected chi connectivity index (χ3v) is 5.97. The normalized spacial score (nSPS) is 20.8. The molecule has 0 radical (unpaired) electrons. The van der Waals surface area contributed by atoms with Crippen LogP contribution in [-0.4, -0.2) is 33.0 Å². The van der Waals surface area contributed by atoms with Crippen LogP contribution >= 0.6 is 0 Å². The summed E-state index contributed by atoms with van der Waals surface area (Å²) in [6, 6.07) is 9.74. The fourth-order valence-electron chi connectivity index (χ4n) is 4.52. The van der Waals surface area contributed by atoms with Crippen molar-refractivity contribution in [2.75, 3.05) is 21.3 Å². The third kappa shape index (κ3) is 3.87. The molecule has 6 nitrogen and oxygen atoms in total. The van der Waals surface area contributed by atoms with Crippen molar-refractivity contribution in [2.24, 2.45) is 0 Å². The van der Waals surface area contributed by atoms with Crippen LogP contribution in [-0.2, 0) is 9.59 Å². The van der Waals surface area contributed by atoms with E-state index in [0.717, 1.165) is 11.1 Å². The SMILES string of the molecule is COc1cc([C@H]2CC(=O)NC3=C2C(=O)C[C@H](c2ccc(F)cc2)C3)cc(OC)c1OC. The molecule has 2 aromatic carbocycles. The maximum Gasteiger partial charge on any atom is 0.225 e. The van der Waals surface area contributed by atoms with E-state index in [1.807, 2.05) is 0 Å². The molecular weight excluding hydrogens is 401 g/mol. The maximum atomic E-state index is 13.3. The highest BCUT2D eigenvalue weighted by Gasteiger charge is 2.38. The second kappa shape index (κ2) is 8.41. The van der Waals surface area contributed by atoms with Crippen LogP contribution in [0.3, 0.4) is 0 Å². The number of hydrogen-bond donors (Lipinski definition) is 1. The van der Waals surface area contributed by atoms with Gasteiger partial charge in [-0.3, -0.25) is 9.59 Å². The summed E-state index contributed by atoms with van der Waals surface area (Å²) in [7, 11) is 4.58. The number of ketones is 1. The fraction of sp³-hybridized carbons (Fsp3) is 0.333. The minimum Gasteiger partial charge on any atom is -0.493 e. The van der Waals surface area contributed by atoms with Gasteiger partial charge in [0.1, 0.15) is 5.82 Å². The molecule has 1 amide bonds. The van der Waals surface area contributed by atoms with Crippen LogP contribution in [0.2, 0.25) is 0 Å². The van der Waals surface area contributed by atoms with Gasteiger partial charge in [-0.1, -0.05) is 12.1 Å². The molecule has 162 valence electrons. The van der Waals surface area contributed by atoms with Crippen molar-refractivity contribution in [1.29, 1.82) is 0 Å². The quantitative estimate of drug-likeness (QED) is 0.788. The van der Waals surface area contributed by atoms with Gasteiger partial charge in [0, 0.05) is 30.0 Å². The lowest BCUT2D eigenvalue weighted by atomic mass is 9.73. The highest BCUT2D eigenvalue weighted by atomic mass is 19.1. The molecule has 0 aromatic heterocycles. The molecule has 2 aliphatic rings. The molecule has 0 saturated carbocycles. The lowest BCUT2D eigenvalue weighted by Gasteiger charge is -2.34. The first-order chi connectivity index (χ1) is 14.9. The zero-order valence-electron chi connectivity index (χ0n) is 17.7. The van der Waals surface area contributed by atoms with Gasteiger partial charge in [0.25, 0.3) is 0 Å². The van der Waals surface area contributed by atoms with E-state index in [1.54, 1.807) is 24.3 Å². The molecule has 0 fully saturated rings. The van der Waals surface area contributed by atoms with E-state index in [2.05, 4.69) is 5.32 Å². The number of nitrogens with one attached hydrogen (secondary N) is 1. The Labute approximate surface area is 180 Å². The molecule has 0 unspecified atom stereocenters. The number of Topliss-reactive ketones (excluding diaryl/α,β-unsaturated/α-hetero) is 1. The summed E-state index contributed by atoms with van der Waals surface area (Å²) in [5.41, 5.74) is 2.89. The molecule has 7 heteroatoms. The van der Waals surface area contributed by atoms with Crippen molar-refractivity contribution >= 4 is 11.7 Å². The van der Waals surface area contributed by atoms with Crippen LogP contribution in [0.1, 0.15) is 42.2 Å². The number of benzene rings is 2. The van der Waals surface area contributed by atoms with Crippen LogP contribution in [0.25, 0.3) is 0 Å². The zero-order valence-corrected chi connectivity index (χ0v) is 17.7. The standard InChI is InChI=1S/C24H24FNO5/c1-29-20-10-15(11-21(30-2)24(20)31-3)17-12-22(28)26-18-8-14(9-19(27)23(17)18)13-4-6-16(25)7-5-13/h4-7,10-11,14,17H,8-9,12H2,1-3H3,(H,26,28)/t14-,17-/m1/s1.